The minimum absolute atomic E-state index is 0.185. The second-order valence-electron chi connectivity index (χ2n) is 6.37. The zero-order valence-corrected chi connectivity index (χ0v) is 12.2. The zero-order valence-electron chi connectivity index (χ0n) is 12.2. The van der Waals surface area contributed by atoms with Crippen LogP contribution < -0.4 is 0 Å². The van der Waals surface area contributed by atoms with E-state index in [-0.39, 0.29) is 6.54 Å². The first kappa shape index (κ1) is 15.5. The van der Waals surface area contributed by atoms with Gasteiger partial charge in [0.25, 0.3) is 0 Å². The number of nitrogens with zero attached hydrogens (tertiary/aromatic N) is 1. The number of likely N-dealkylation sites (tertiary alicyclic amines) is 1. The molecule has 5 heteroatoms. The Morgan fingerprint density at radius 3 is 2.42 bits per heavy atom. The monoisotopic (exact) mass is 269 g/mol. The molecule has 1 amide bonds. The van der Waals surface area contributed by atoms with Gasteiger partial charge in [-0.2, -0.15) is 0 Å². The standard InChI is InChI=1S/C14H23NO4/c1-10(2)8-14(11(16)17)6-7-15(9-14)12(18)19-13(3,4)5/h1,6-9H2,2-5H3,(H,16,17). The van der Waals surface area contributed by atoms with Crippen LogP contribution in [-0.4, -0.2) is 40.8 Å². The van der Waals surface area contributed by atoms with Crippen LogP contribution in [-0.2, 0) is 9.53 Å². The lowest BCUT2D eigenvalue weighted by molar-refractivity contribution is -0.148. The molecule has 0 aromatic carbocycles. The maximum atomic E-state index is 11.9. The molecule has 5 nitrogen and oxygen atoms in total. The Morgan fingerprint density at radius 2 is 2.00 bits per heavy atom. The molecule has 0 radical (unpaired) electrons. The molecule has 1 N–H and O–H groups in total. The van der Waals surface area contributed by atoms with Crippen LogP contribution in [0.2, 0.25) is 0 Å². The molecular formula is C14H23NO4. The van der Waals surface area contributed by atoms with Crippen LogP contribution in [0.15, 0.2) is 12.2 Å². The van der Waals surface area contributed by atoms with Crippen molar-refractivity contribution >= 4 is 12.1 Å². The van der Waals surface area contributed by atoms with Gasteiger partial charge in [-0.05, 0) is 40.5 Å². The quantitative estimate of drug-likeness (QED) is 0.800. The van der Waals surface area contributed by atoms with Gasteiger partial charge in [0.2, 0.25) is 0 Å². The lowest BCUT2D eigenvalue weighted by atomic mass is 9.81. The molecule has 1 saturated heterocycles. The van der Waals surface area contributed by atoms with Gasteiger partial charge in [-0.25, -0.2) is 4.79 Å². The topological polar surface area (TPSA) is 66.8 Å². The fraction of sp³-hybridized carbons (Fsp3) is 0.714. The van der Waals surface area contributed by atoms with E-state index < -0.39 is 23.1 Å². The van der Waals surface area contributed by atoms with E-state index in [1.807, 2.05) is 0 Å². The van der Waals surface area contributed by atoms with Gasteiger partial charge in [0, 0.05) is 13.1 Å². The van der Waals surface area contributed by atoms with Crippen molar-refractivity contribution in [3.63, 3.8) is 0 Å². The summed E-state index contributed by atoms with van der Waals surface area (Å²) < 4.78 is 5.27. The number of aliphatic carboxylic acids is 1. The van der Waals surface area contributed by atoms with Crippen LogP contribution in [0.25, 0.3) is 0 Å². The van der Waals surface area contributed by atoms with Crippen molar-refractivity contribution in [3.05, 3.63) is 12.2 Å². The summed E-state index contributed by atoms with van der Waals surface area (Å²) in [5.41, 5.74) is -0.670. The third kappa shape index (κ3) is 3.98. The molecule has 0 bridgehead atoms. The summed E-state index contributed by atoms with van der Waals surface area (Å²) >= 11 is 0. The summed E-state index contributed by atoms with van der Waals surface area (Å²) in [5.74, 6) is -0.874. The number of rotatable bonds is 3. The Balaban J connectivity index is 2.77. The molecule has 1 atom stereocenters. The van der Waals surface area contributed by atoms with E-state index in [1.54, 1.807) is 27.7 Å². The Morgan fingerprint density at radius 1 is 1.42 bits per heavy atom. The summed E-state index contributed by atoms with van der Waals surface area (Å²) in [6.45, 7) is 11.6. The highest BCUT2D eigenvalue weighted by Crippen LogP contribution is 2.37. The van der Waals surface area contributed by atoms with Crippen LogP contribution in [0.5, 0.6) is 0 Å². The highest BCUT2D eigenvalue weighted by atomic mass is 16.6. The Labute approximate surface area is 114 Å². The minimum Gasteiger partial charge on any atom is -0.481 e. The number of carbonyl (C=O) groups is 2. The maximum absolute atomic E-state index is 11.9. The molecule has 1 unspecified atom stereocenters. The van der Waals surface area contributed by atoms with Crippen LogP contribution in [0.4, 0.5) is 4.79 Å². The third-order valence-electron chi connectivity index (χ3n) is 3.10. The summed E-state index contributed by atoms with van der Waals surface area (Å²) in [7, 11) is 0. The second-order valence-corrected chi connectivity index (χ2v) is 6.37. The number of allylic oxidation sites excluding steroid dienone is 1. The van der Waals surface area contributed by atoms with Crippen molar-refractivity contribution in [2.45, 2.75) is 46.1 Å². The second kappa shape index (κ2) is 5.23. The van der Waals surface area contributed by atoms with Crippen LogP contribution in [0.1, 0.15) is 40.5 Å². The smallest absolute Gasteiger partial charge is 0.410 e. The van der Waals surface area contributed by atoms with E-state index in [4.69, 9.17) is 4.74 Å². The molecule has 19 heavy (non-hydrogen) atoms. The van der Waals surface area contributed by atoms with Gasteiger partial charge in [0.1, 0.15) is 5.60 Å². The molecule has 0 aromatic rings. The number of carboxylic acid groups (broad SMARTS) is 1. The maximum Gasteiger partial charge on any atom is 0.410 e. The molecule has 0 saturated carbocycles. The average Bonchev–Trinajstić information content (AvgIpc) is 2.59. The van der Waals surface area contributed by atoms with E-state index in [1.165, 1.54) is 4.90 Å². The van der Waals surface area contributed by atoms with Crippen molar-refractivity contribution in [3.8, 4) is 0 Å². The predicted octanol–water partition coefficient (Wildman–Crippen LogP) is 2.66. The van der Waals surface area contributed by atoms with Gasteiger partial charge in [0.15, 0.2) is 0 Å². The van der Waals surface area contributed by atoms with Crippen LogP contribution in [0.3, 0.4) is 0 Å². The first-order chi connectivity index (χ1) is 8.56. The van der Waals surface area contributed by atoms with Gasteiger partial charge in [0.05, 0.1) is 5.41 Å². The van der Waals surface area contributed by atoms with Gasteiger partial charge < -0.3 is 14.7 Å². The first-order valence-corrected chi connectivity index (χ1v) is 6.41. The van der Waals surface area contributed by atoms with Crippen molar-refractivity contribution in [1.29, 1.82) is 0 Å². The van der Waals surface area contributed by atoms with Crippen molar-refractivity contribution in [1.82, 2.24) is 4.90 Å². The molecule has 1 fully saturated rings. The number of hydrogen-bond acceptors (Lipinski definition) is 3. The third-order valence-corrected chi connectivity index (χ3v) is 3.10. The zero-order chi connectivity index (χ0) is 14.8. The van der Waals surface area contributed by atoms with Gasteiger partial charge in [-0.15, -0.1) is 6.58 Å². The summed E-state index contributed by atoms with van der Waals surface area (Å²) in [6.07, 6.45) is 0.383. The molecule has 0 aromatic heterocycles. The largest absolute Gasteiger partial charge is 0.481 e. The first-order valence-electron chi connectivity index (χ1n) is 6.41. The van der Waals surface area contributed by atoms with Crippen molar-refractivity contribution < 1.29 is 19.4 Å². The molecule has 1 aliphatic heterocycles. The summed E-state index contributed by atoms with van der Waals surface area (Å²) in [5, 5.41) is 9.42. The summed E-state index contributed by atoms with van der Waals surface area (Å²) in [4.78, 5) is 24.9. The highest BCUT2D eigenvalue weighted by Gasteiger charge is 2.46. The number of carbonyl (C=O) groups excluding carboxylic acids is 1. The van der Waals surface area contributed by atoms with E-state index in [0.717, 1.165) is 5.57 Å². The van der Waals surface area contributed by atoms with Gasteiger partial charge in [-0.3, -0.25) is 4.79 Å². The van der Waals surface area contributed by atoms with E-state index in [2.05, 4.69) is 6.58 Å². The molecule has 108 valence electrons. The highest BCUT2D eigenvalue weighted by molar-refractivity contribution is 5.78. The number of ether oxygens (including phenoxy) is 1. The van der Waals surface area contributed by atoms with Crippen LogP contribution >= 0.6 is 0 Å². The van der Waals surface area contributed by atoms with E-state index >= 15 is 0 Å². The Hall–Kier alpha value is -1.52. The molecular weight excluding hydrogens is 246 g/mol. The Bertz CT molecular complexity index is 397. The van der Waals surface area contributed by atoms with E-state index in [9.17, 15) is 14.7 Å². The SMILES string of the molecule is C=C(C)CC1(C(=O)O)CCN(C(=O)OC(C)(C)C)C1. The molecule has 1 rings (SSSR count). The van der Waals surface area contributed by atoms with Crippen molar-refractivity contribution in [2.24, 2.45) is 5.41 Å². The Kier molecular flexibility index (Phi) is 4.28. The number of carboxylic acids is 1. The molecule has 1 heterocycles. The summed E-state index contributed by atoms with van der Waals surface area (Å²) in [6, 6.07) is 0. The van der Waals surface area contributed by atoms with E-state index in [0.29, 0.717) is 19.4 Å². The lowest BCUT2D eigenvalue weighted by Gasteiger charge is -2.27. The predicted molar refractivity (Wildman–Crippen MR) is 71.9 cm³/mol. The average molecular weight is 269 g/mol. The lowest BCUT2D eigenvalue weighted by Crippen LogP contribution is -2.39. The molecule has 1 aliphatic rings. The van der Waals surface area contributed by atoms with Gasteiger partial charge >= 0.3 is 12.1 Å². The molecule has 0 aliphatic carbocycles. The number of hydrogen-bond donors (Lipinski definition) is 1. The minimum atomic E-state index is -0.914. The fourth-order valence-electron chi connectivity index (χ4n) is 2.33. The van der Waals surface area contributed by atoms with Crippen molar-refractivity contribution in [2.75, 3.05) is 13.1 Å². The number of amides is 1. The fourth-order valence-corrected chi connectivity index (χ4v) is 2.33. The van der Waals surface area contributed by atoms with Crippen LogP contribution in [0, 0.1) is 5.41 Å². The molecule has 0 spiro atoms. The normalized spacial score (nSPS) is 23.3. The van der Waals surface area contributed by atoms with Gasteiger partial charge in [-0.1, -0.05) is 5.57 Å².